The lowest BCUT2D eigenvalue weighted by Gasteiger charge is -2.25. The summed E-state index contributed by atoms with van der Waals surface area (Å²) < 4.78 is 11.5. The van der Waals surface area contributed by atoms with Crippen LogP contribution >= 0.6 is 11.3 Å². The third-order valence-corrected chi connectivity index (χ3v) is 4.83. The number of nitrogens with zero attached hydrogens (tertiary/aromatic N) is 1. The van der Waals surface area contributed by atoms with Gasteiger partial charge in [0.2, 0.25) is 10.6 Å². The van der Waals surface area contributed by atoms with Crippen molar-refractivity contribution in [3.05, 3.63) is 75.0 Å². The van der Waals surface area contributed by atoms with Gasteiger partial charge in [-0.3, -0.25) is 4.79 Å². The standard InChI is InChI=1S/C17H10N2O3S/c18-7-11-13(9-5-6-21-8-9)14-15(22-16(11)19)10-3-1-2-4-12(10)23-17(14)20/h1-6,8,13H,19H2. The van der Waals surface area contributed by atoms with E-state index in [1.54, 1.807) is 6.07 Å². The number of hydrogen-bond donors (Lipinski definition) is 1. The van der Waals surface area contributed by atoms with Crippen molar-refractivity contribution in [2.24, 2.45) is 5.73 Å². The van der Waals surface area contributed by atoms with E-state index in [2.05, 4.69) is 6.07 Å². The average molecular weight is 322 g/mol. The molecule has 1 aliphatic rings. The molecule has 3 aromatic rings. The zero-order chi connectivity index (χ0) is 16.0. The van der Waals surface area contributed by atoms with E-state index in [9.17, 15) is 10.1 Å². The van der Waals surface area contributed by atoms with E-state index >= 15 is 0 Å². The van der Waals surface area contributed by atoms with Crippen LogP contribution < -0.4 is 15.2 Å². The predicted octanol–water partition coefficient (Wildman–Crippen LogP) is 3.07. The van der Waals surface area contributed by atoms with Crippen molar-refractivity contribution in [1.29, 1.82) is 5.26 Å². The van der Waals surface area contributed by atoms with Gasteiger partial charge < -0.3 is 14.9 Å². The molecular formula is C17H10N2O3S. The molecule has 0 saturated heterocycles. The van der Waals surface area contributed by atoms with Crippen LogP contribution in [-0.4, -0.2) is 0 Å². The van der Waals surface area contributed by atoms with Gasteiger partial charge in [0.15, 0.2) is 0 Å². The molecule has 2 aromatic heterocycles. The molecular weight excluding hydrogens is 312 g/mol. The number of furan rings is 1. The number of allylic oxidation sites excluding steroid dienone is 1. The molecule has 1 aliphatic heterocycles. The zero-order valence-electron chi connectivity index (χ0n) is 11.8. The fraction of sp³-hybridized carbons (Fsp3) is 0.0588. The number of rotatable bonds is 1. The van der Waals surface area contributed by atoms with Crippen molar-refractivity contribution in [1.82, 2.24) is 0 Å². The largest absolute Gasteiger partial charge is 0.472 e. The summed E-state index contributed by atoms with van der Waals surface area (Å²) in [6, 6.07) is 11.3. The smallest absolute Gasteiger partial charge is 0.240 e. The third-order valence-electron chi connectivity index (χ3n) is 3.85. The van der Waals surface area contributed by atoms with E-state index in [0.717, 1.165) is 21.4 Å². The van der Waals surface area contributed by atoms with E-state index in [1.165, 1.54) is 12.5 Å². The van der Waals surface area contributed by atoms with Gasteiger partial charge in [0, 0.05) is 15.6 Å². The van der Waals surface area contributed by atoms with Crippen molar-refractivity contribution >= 4 is 21.4 Å². The van der Waals surface area contributed by atoms with Crippen molar-refractivity contribution in [2.75, 3.05) is 0 Å². The second kappa shape index (κ2) is 5.00. The second-order valence-electron chi connectivity index (χ2n) is 5.11. The quantitative estimate of drug-likeness (QED) is 0.743. The summed E-state index contributed by atoms with van der Waals surface area (Å²) in [5.41, 5.74) is 7.30. The normalized spacial score (nSPS) is 16.7. The van der Waals surface area contributed by atoms with Crippen LogP contribution in [0.5, 0.6) is 5.75 Å². The van der Waals surface area contributed by atoms with Crippen LogP contribution in [-0.2, 0) is 0 Å². The van der Waals surface area contributed by atoms with Crippen LogP contribution in [0, 0.1) is 11.3 Å². The lowest BCUT2D eigenvalue weighted by atomic mass is 9.86. The highest BCUT2D eigenvalue weighted by Crippen LogP contribution is 2.44. The summed E-state index contributed by atoms with van der Waals surface area (Å²) in [6.07, 6.45) is 3.02. The van der Waals surface area contributed by atoms with Crippen LogP contribution in [0.4, 0.5) is 0 Å². The van der Waals surface area contributed by atoms with Crippen molar-refractivity contribution < 1.29 is 9.15 Å². The Hall–Kier alpha value is -3.04. The van der Waals surface area contributed by atoms with Gasteiger partial charge in [-0.15, -0.1) is 0 Å². The lowest BCUT2D eigenvalue weighted by molar-refractivity contribution is 0.398. The Morgan fingerprint density at radius 2 is 2.09 bits per heavy atom. The van der Waals surface area contributed by atoms with Gasteiger partial charge in [-0.25, -0.2) is 0 Å². The molecule has 0 fully saturated rings. The van der Waals surface area contributed by atoms with E-state index in [4.69, 9.17) is 14.9 Å². The minimum atomic E-state index is -0.573. The van der Waals surface area contributed by atoms with E-state index in [-0.39, 0.29) is 16.2 Å². The Morgan fingerprint density at radius 1 is 1.26 bits per heavy atom. The monoisotopic (exact) mass is 322 g/mol. The molecule has 0 bridgehead atoms. The van der Waals surface area contributed by atoms with E-state index in [0.29, 0.717) is 16.9 Å². The molecule has 2 N–H and O–H groups in total. The first-order valence-electron chi connectivity index (χ1n) is 6.86. The fourth-order valence-electron chi connectivity index (χ4n) is 2.84. The summed E-state index contributed by atoms with van der Waals surface area (Å²) in [5, 5.41) is 10.3. The highest BCUT2D eigenvalue weighted by Gasteiger charge is 2.34. The maximum atomic E-state index is 12.7. The zero-order valence-corrected chi connectivity index (χ0v) is 12.6. The molecule has 5 nitrogen and oxygen atoms in total. The molecule has 23 heavy (non-hydrogen) atoms. The molecule has 1 unspecified atom stereocenters. The van der Waals surface area contributed by atoms with Crippen molar-refractivity contribution in [2.45, 2.75) is 5.92 Å². The first-order chi connectivity index (χ1) is 11.2. The SMILES string of the molecule is N#CC1=C(N)Oc2c(c(=O)sc3ccccc23)C1c1ccoc1. The lowest BCUT2D eigenvalue weighted by Crippen LogP contribution is -2.25. The number of nitriles is 1. The van der Waals surface area contributed by atoms with Gasteiger partial charge in [-0.2, -0.15) is 5.26 Å². The number of benzene rings is 1. The Labute approximate surface area is 134 Å². The van der Waals surface area contributed by atoms with Gasteiger partial charge in [-0.05, 0) is 18.2 Å². The molecule has 0 saturated carbocycles. The van der Waals surface area contributed by atoms with E-state index in [1.807, 2.05) is 24.3 Å². The number of fused-ring (bicyclic) bond motifs is 3. The van der Waals surface area contributed by atoms with Crippen LogP contribution in [0.15, 0.2) is 63.5 Å². The molecule has 0 spiro atoms. The van der Waals surface area contributed by atoms with Crippen molar-refractivity contribution in [3.63, 3.8) is 0 Å². The maximum Gasteiger partial charge on any atom is 0.240 e. The molecule has 0 radical (unpaired) electrons. The minimum Gasteiger partial charge on any atom is -0.472 e. The minimum absolute atomic E-state index is 0.0203. The Bertz CT molecular complexity index is 1040. The van der Waals surface area contributed by atoms with E-state index < -0.39 is 5.92 Å². The Kier molecular flexibility index (Phi) is 2.96. The summed E-state index contributed by atoms with van der Waals surface area (Å²) in [4.78, 5) is 12.7. The van der Waals surface area contributed by atoms with Crippen LogP contribution in [0.1, 0.15) is 17.0 Å². The topological polar surface area (TPSA) is 89.3 Å². The molecule has 1 aromatic carbocycles. The fourth-order valence-corrected chi connectivity index (χ4v) is 3.78. The Morgan fingerprint density at radius 3 is 2.83 bits per heavy atom. The molecule has 6 heteroatoms. The maximum absolute atomic E-state index is 12.7. The summed E-state index contributed by atoms with van der Waals surface area (Å²) in [7, 11) is 0. The van der Waals surface area contributed by atoms with Gasteiger partial charge in [0.25, 0.3) is 0 Å². The van der Waals surface area contributed by atoms with Crippen LogP contribution in [0.25, 0.3) is 10.1 Å². The molecule has 0 aliphatic carbocycles. The van der Waals surface area contributed by atoms with Crippen molar-refractivity contribution in [3.8, 4) is 11.8 Å². The summed E-state index contributed by atoms with van der Waals surface area (Å²) in [6.45, 7) is 0. The molecule has 1 atom stereocenters. The van der Waals surface area contributed by atoms with Gasteiger partial charge in [-0.1, -0.05) is 23.5 Å². The summed E-state index contributed by atoms with van der Waals surface area (Å²) >= 11 is 1.13. The average Bonchev–Trinajstić information content (AvgIpc) is 3.08. The third kappa shape index (κ3) is 1.94. The molecule has 0 amide bonds. The van der Waals surface area contributed by atoms with Crippen LogP contribution in [0.3, 0.4) is 0 Å². The number of nitrogens with two attached hydrogens (primary N) is 1. The van der Waals surface area contributed by atoms with Crippen LogP contribution in [0.2, 0.25) is 0 Å². The Balaban J connectivity index is 2.11. The second-order valence-corrected chi connectivity index (χ2v) is 6.12. The first kappa shape index (κ1) is 13.6. The highest BCUT2D eigenvalue weighted by atomic mass is 32.1. The summed E-state index contributed by atoms with van der Waals surface area (Å²) in [5.74, 6) is -0.130. The molecule has 112 valence electrons. The van der Waals surface area contributed by atoms with Gasteiger partial charge in [0.05, 0.1) is 24.0 Å². The highest BCUT2D eigenvalue weighted by molar-refractivity contribution is 7.16. The number of hydrogen-bond acceptors (Lipinski definition) is 6. The first-order valence-corrected chi connectivity index (χ1v) is 7.67. The van der Waals surface area contributed by atoms with Gasteiger partial charge >= 0.3 is 0 Å². The van der Waals surface area contributed by atoms with Gasteiger partial charge in [0.1, 0.15) is 17.4 Å². The number of ether oxygens (including phenoxy) is 1. The molecule has 3 heterocycles. The predicted molar refractivity (Wildman–Crippen MR) is 86.1 cm³/mol. The molecule has 4 rings (SSSR count).